The van der Waals surface area contributed by atoms with E-state index in [2.05, 4.69) is 9.97 Å². The summed E-state index contributed by atoms with van der Waals surface area (Å²) in [4.78, 5) is 44.1. The Morgan fingerprint density at radius 2 is 2.12 bits per heavy atom. The number of fused-ring (bicyclic) bond motifs is 1. The summed E-state index contributed by atoms with van der Waals surface area (Å²) in [5, 5.41) is 1.80. The van der Waals surface area contributed by atoms with Crippen LogP contribution in [0.5, 0.6) is 5.75 Å². The number of nitrogens with one attached hydrogen (secondary N) is 1. The minimum absolute atomic E-state index is 0.0715. The number of ketones is 1. The van der Waals surface area contributed by atoms with E-state index in [0.717, 1.165) is 0 Å². The lowest BCUT2D eigenvalue weighted by Gasteiger charge is -2.17. The maximum atomic E-state index is 12.3. The van der Waals surface area contributed by atoms with Crippen LogP contribution in [0.4, 0.5) is 0 Å². The van der Waals surface area contributed by atoms with Crippen LogP contribution < -0.4 is 10.3 Å². The molecule has 0 bridgehead atoms. The van der Waals surface area contributed by atoms with Crippen molar-refractivity contribution in [2.24, 2.45) is 0 Å². The van der Waals surface area contributed by atoms with Crippen molar-refractivity contribution in [3.63, 3.8) is 0 Å². The largest absolute Gasteiger partial charge is 0.484 e. The molecule has 1 amide bonds. The molecule has 0 radical (unpaired) electrons. The van der Waals surface area contributed by atoms with Gasteiger partial charge in [0.25, 0.3) is 11.5 Å². The minimum Gasteiger partial charge on any atom is -0.484 e. The summed E-state index contributed by atoms with van der Waals surface area (Å²) in [7, 11) is 1.61. The van der Waals surface area contributed by atoms with Crippen molar-refractivity contribution in [1.29, 1.82) is 0 Å². The Morgan fingerprint density at radius 1 is 1.31 bits per heavy atom. The van der Waals surface area contributed by atoms with Gasteiger partial charge in [0.1, 0.15) is 16.3 Å². The Labute approximate surface area is 153 Å². The average Bonchev–Trinajstić information content (AvgIpc) is 3.09. The van der Waals surface area contributed by atoms with Gasteiger partial charge in [-0.2, -0.15) is 0 Å². The second kappa shape index (κ2) is 7.49. The molecule has 2 heterocycles. The first-order valence-electron chi connectivity index (χ1n) is 7.88. The van der Waals surface area contributed by atoms with Crippen molar-refractivity contribution in [1.82, 2.24) is 14.9 Å². The highest BCUT2D eigenvalue weighted by Gasteiger charge is 2.13. The zero-order valence-corrected chi connectivity index (χ0v) is 15.1. The number of ether oxygens (including phenoxy) is 1. The van der Waals surface area contributed by atoms with E-state index < -0.39 is 0 Å². The topological polar surface area (TPSA) is 92.4 Å². The first-order chi connectivity index (χ1) is 12.4. The second-order valence-corrected chi connectivity index (χ2v) is 6.69. The van der Waals surface area contributed by atoms with E-state index in [9.17, 15) is 14.4 Å². The van der Waals surface area contributed by atoms with Crippen LogP contribution in [0.3, 0.4) is 0 Å². The van der Waals surface area contributed by atoms with Crippen molar-refractivity contribution < 1.29 is 14.3 Å². The maximum absolute atomic E-state index is 12.3. The third-order valence-corrected chi connectivity index (χ3v) is 4.68. The van der Waals surface area contributed by atoms with Gasteiger partial charge in [-0.25, -0.2) is 4.98 Å². The zero-order valence-electron chi connectivity index (χ0n) is 14.3. The number of likely N-dealkylation sites (N-methyl/N-ethyl adjacent to an activating group) is 1. The summed E-state index contributed by atoms with van der Waals surface area (Å²) in [6.07, 6.45) is 0. The standard InChI is InChI=1S/C18H17N3O4S/c1-11(22)12-4-3-5-13(8-12)25-10-16(23)21(2)9-15-19-14-6-7-26-17(14)18(24)20-15/h3-8H,9-10H2,1-2H3,(H,19,20,24). The van der Waals surface area contributed by atoms with E-state index in [-0.39, 0.29) is 30.4 Å². The number of carbonyl (C=O) groups excluding carboxylic acids is 2. The van der Waals surface area contributed by atoms with Gasteiger partial charge < -0.3 is 14.6 Å². The molecule has 1 aromatic carbocycles. The molecule has 0 saturated heterocycles. The first kappa shape index (κ1) is 17.8. The molecule has 0 aliphatic heterocycles. The lowest BCUT2D eigenvalue weighted by molar-refractivity contribution is -0.132. The highest BCUT2D eigenvalue weighted by Crippen LogP contribution is 2.15. The van der Waals surface area contributed by atoms with Gasteiger partial charge in [-0.05, 0) is 30.5 Å². The number of carbonyl (C=O) groups is 2. The van der Waals surface area contributed by atoms with Gasteiger partial charge >= 0.3 is 0 Å². The van der Waals surface area contributed by atoms with E-state index >= 15 is 0 Å². The molecule has 0 spiro atoms. The Balaban J connectivity index is 1.63. The van der Waals surface area contributed by atoms with Crippen molar-refractivity contribution in [2.45, 2.75) is 13.5 Å². The number of H-pyrrole nitrogens is 1. The second-order valence-electron chi connectivity index (χ2n) is 5.77. The minimum atomic E-state index is -0.272. The molecule has 0 atom stereocenters. The van der Waals surface area contributed by atoms with Crippen molar-refractivity contribution in [2.75, 3.05) is 13.7 Å². The monoisotopic (exact) mass is 371 g/mol. The summed E-state index contributed by atoms with van der Waals surface area (Å²) < 4.78 is 6.03. The molecule has 0 unspecified atom stereocenters. The summed E-state index contributed by atoms with van der Waals surface area (Å²) in [6.45, 7) is 1.45. The first-order valence-corrected chi connectivity index (χ1v) is 8.76. The van der Waals surface area contributed by atoms with Gasteiger partial charge in [-0.1, -0.05) is 12.1 Å². The molecule has 134 valence electrons. The summed E-state index contributed by atoms with van der Waals surface area (Å²) in [5.41, 5.74) is 0.930. The Kier molecular flexibility index (Phi) is 5.13. The molecular weight excluding hydrogens is 354 g/mol. The van der Waals surface area contributed by atoms with Crippen molar-refractivity contribution >= 4 is 33.2 Å². The lowest BCUT2D eigenvalue weighted by atomic mass is 10.1. The van der Waals surface area contributed by atoms with Crippen molar-refractivity contribution in [3.05, 3.63) is 57.5 Å². The fourth-order valence-corrected chi connectivity index (χ4v) is 3.09. The van der Waals surface area contributed by atoms with E-state index in [1.807, 2.05) is 0 Å². The number of amides is 1. The number of nitrogens with zero attached hydrogens (tertiary/aromatic N) is 2. The molecule has 0 saturated carbocycles. The summed E-state index contributed by atoms with van der Waals surface area (Å²) >= 11 is 1.33. The lowest BCUT2D eigenvalue weighted by Crippen LogP contribution is -2.32. The van der Waals surface area contributed by atoms with E-state index in [1.54, 1.807) is 42.8 Å². The molecule has 0 aliphatic carbocycles. The van der Waals surface area contributed by atoms with Gasteiger partial charge in [0.2, 0.25) is 0 Å². The Bertz CT molecular complexity index is 1020. The highest BCUT2D eigenvalue weighted by molar-refractivity contribution is 7.17. The van der Waals surface area contributed by atoms with Gasteiger partial charge in [0, 0.05) is 12.6 Å². The van der Waals surface area contributed by atoms with Crippen LogP contribution in [0.15, 0.2) is 40.5 Å². The fourth-order valence-electron chi connectivity index (χ4n) is 2.37. The number of aromatic nitrogens is 2. The summed E-state index contributed by atoms with van der Waals surface area (Å²) in [5.74, 6) is 0.519. The number of thiophene rings is 1. The predicted molar refractivity (Wildman–Crippen MR) is 98.7 cm³/mol. The molecular formula is C18H17N3O4S. The van der Waals surface area contributed by atoms with Crippen LogP contribution in [0.25, 0.3) is 10.2 Å². The highest BCUT2D eigenvalue weighted by atomic mass is 32.1. The Hall–Kier alpha value is -3.00. The van der Waals surface area contributed by atoms with Crippen LogP contribution >= 0.6 is 11.3 Å². The third kappa shape index (κ3) is 3.97. The van der Waals surface area contributed by atoms with Crippen LogP contribution in [0.1, 0.15) is 23.1 Å². The van der Waals surface area contributed by atoms with Gasteiger partial charge in [0.15, 0.2) is 12.4 Å². The summed E-state index contributed by atoms with van der Waals surface area (Å²) in [6, 6.07) is 8.44. The third-order valence-electron chi connectivity index (χ3n) is 3.78. The molecule has 1 N–H and O–H groups in total. The predicted octanol–water partition coefficient (Wildman–Crippen LogP) is 2.22. The molecule has 0 fully saturated rings. The smallest absolute Gasteiger partial charge is 0.268 e. The van der Waals surface area contributed by atoms with E-state index in [4.69, 9.17) is 4.74 Å². The fraction of sp³-hybridized carbons (Fsp3) is 0.222. The molecule has 2 aromatic heterocycles. The number of Topliss-reactive ketones (excluding diaryl/α,β-unsaturated/α-hetero) is 1. The molecule has 26 heavy (non-hydrogen) atoms. The van der Waals surface area contributed by atoms with Gasteiger partial charge in [-0.3, -0.25) is 14.4 Å². The van der Waals surface area contributed by atoms with Crippen LogP contribution in [0, 0.1) is 0 Å². The van der Waals surface area contributed by atoms with Gasteiger partial charge in [0.05, 0.1) is 12.1 Å². The van der Waals surface area contributed by atoms with Crippen LogP contribution in [-0.4, -0.2) is 40.2 Å². The molecule has 3 aromatic rings. The van der Waals surface area contributed by atoms with Crippen LogP contribution in [0.2, 0.25) is 0 Å². The zero-order chi connectivity index (χ0) is 18.7. The normalized spacial score (nSPS) is 10.7. The Morgan fingerprint density at radius 3 is 2.88 bits per heavy atom. The number of rotatable bonds is 6. The maximum Gasteiger partial charge on any atom is 0.268 e. The number of aromatic amines is 1. The molecule has 7 nitrogen and oxygen atoms in total. The SMILES string of the molecule is CC(=O)c1cccc(OCC(=O)N(C)Cc2nc3ccsc3c(=O)[nH]2)c1. The van der Waals surface area contributed by atoms with Crippen LogP contribution in [-0.2, 0) is 11.3 Å². The van der Waals surface area contributed by atoms with E-state index in [0.29, 0.717) is 27.4 Å². The van der Waals surface area contributed by atoms with Crippen molar-refractivity contribution in [3.8, 4) is 5.75 Å². The van der Waals surface area contributed by atoms with Gasteiger partial charge in [-0.15, -0.1) is 11.3 Å². The number of hydrogen-bond donors (Lipinski definition) is 1. The average molecular weight is 371 g/mol. The van der Waals surface area contributed by atoms with E-state index in [1.165, 1.54) is 23.2 Å². The molecule has 0 aliphatic rings. The molecule has 3 rings (SSSR count). The molecule has 8 heteroatoms. The number of benzene rings is 1. The quantitative estimate of drug-likeness (QED) is 0.671. The number of hydrogen-bond acceptors (Lipinski definition) is 6.